The minimum Gasteiger partial charge on any atom is -0.375 e. The van der Waals surface area contributed by atoms with E-state index in [0.717, 1.165) is 19.4 Å². The normalized spacial score (nSPS) is 28.4. The first-order valence-corrected chi connectivity index (χ1v) is 8.57. The Kier molecular flexibility index (Phi) is 4.25. The average Bonchev–Trinajstić information content (AvgIpc) is 2.92. The van der Waals surface area contributed by atoms with Crippen molar-refractivity contribution in [2.75, 3.05) is 6.61 Å². The predicted molar refractivity (Wildman–Crippen MR) is 80.5 cm³/mol. The summed E-state index contributed by atoms with van der Waals surface area (Å²) in [4.78, 5) is 1.43. The Morgan fingerprint density at radius 2 is 2.21 bits per heavy atom. The number of ether oxygens (including phenoxy) is 1. The molecule has 1 aliphatic heterocycles. The van der Waals surface area contributed by atoms with Gasteiger partial charge in [0.25, 0.3) is 0 Å². The van der Waals surface area contributed by atoms with E-state index in [1.165, 1.54) is 43.4 Å². The Labute approximate surface area is 120 Å². The van der Waals surface area contributed by atoms with E-state index in [-0.39, 0.29) is 5.60 Å². The summed E-state index contributed by atoms with van der Waals surface area (Å²) in [5.41, 5.74) is 6.67. The molecule has 106 valence electrons. The van der Waals surface area contributed by atoms with Crippen LogP contribution in [0.15, 0.2) is 17.5 Å². The van der Waals surface area contributed by atoms with Gasteiger partial charge in [0, 0.05) is 17.5 Å². The zero-order chi connectivity index (χ0) is 13.1. The van der Waals surface area contributed by atoms with Crippen LogP contribution >= 0.6 is 11.3 Å². The minimum atomic E-state index is 0.189. The summed E-state index contributed by atoms with van der Waals surface area (Å²) in [7, 11) is 0. The molecule has 1 aromatic rings. The lowest BCUT2D eigenvalue weighted by Crippen LogP contribution is -2.46. The van der Waals surface area contributed by atoms with E-state index >= 15 is 0 Å². The second kappa shape index (κ2) is 5.94. The van der Waals surface area contributed by atoms with Crippen LogP contribution in [0.1, 0.15) is 49.8 Å². The van der Waals surface area contributed by atoms with Crippen molar-refractivity contribution < 1.29 is 4.74 Å². The summed E-state index contributed by atoms with van der Waals surface area (Å²) in [5, 5.41) is 2.15. The predicted octanol–water partition coefficient (Wildman–Crippen LogP) is 3.75. The fourth-order valence-corrected chi connectivity index (χ4v) is 4.58. The third kappa shape index (κ3) is 3.21. The Hall–Kier alpha value is -0.380. The largest absolute Gasteiger partial charge is 0.375 e. The molecule has 2 aliphatic rings. The molecule has 3 heteroatoms. The Bertz CT molecular complexity index is 378. The second-order valence-corrected chi connectivity index (χ2v) is 7.32. The number of hydrogen-bond donors (Lipinski definition) is 1. The highest BCUT2D eigenvalue weighted by Gasteiger charge is 2.39. The molecular formula is C16H25NOS. The first-order chi connectivity index (χ1) is 9.27. The third-order valence-electron chi connectivity index (χ3n) is 4.92. The van der Waals surface area contributed by atoms with Gasteiger partial charge in [0.2, 0.25) is 0 Å². The van der Waals surface area contributed by atoms with Gasteiger partial charge in [-0.05, 0) is 49.5 Å². The average molecular weight is 279 g/mol. The topological polar surface area (TPSA) is 35.2 Å². The molecule has 2 heterocycles. The van der Waals surface area contributed by atoms with Gasteiger partial charge < -0.3 is 10.5 Å². The summed E-state index contributed by atoms with van der Waals surface area (Å²) in [6, 6.07) is 4.64. The fraction of sp³-hybridized carbons (Fsp3) is 0.750. The van der Waals surface area contributed by atoms with Crippen LogP contribution in [-0.4, -0.2) is 18.2 Å². The molecule has 2 nitrogen and oxygen atoms in total. The maximum Gasteiger partial charge on any atom is 0.0685 e. The minimum absolute atomic E-state index is 0.189. The van der Waals surface area contributed by atoms with Gasteiger partial charge in [0.15, 0.2) is 0 Å². The number of nitrogens with two attached hydrogens (primary N) is 1. The molecule has 0 radical (unpaired) electrons. The summed E-state index contributed by atoms with van der Waals surface area (Å²) in [6.07, 6.45) is 9.97. The van der Waals surface area contributed by atoms with Crippen LogP contribution in [0.4, 0.5) is 0 Å². The molecule has 3 rings (SSSR count). The molecule has 2 fully saturated rings. The molecule has 2 N–H and O–H groups in total. The molecule has 1 aliphatic carbocycles. The number of thiophene rings is 1. The summed E-state index contributed by atoms with van der Waals surface area (Å²) in [5.74, 6) is 0.647. The van der Waals surface area contributed by atoms with E-state index in [4.69, 9.17) is 10.5 Å². The lowest BCUT2D eigenvalue weighted by molar-refractivity contribution is -0.120. The Balaban J connectivity index is 1.61. The van der Waals surface area contributed by atoms with Gasteiger partial charge in [-0.2, -0.15) is 0 Å². The highest BCUT2D eigenvalue weighted by atomic mass is 32.1. The Morgan fingerprint density at radius 1 is 1.37 bits per heavy atom. The Morgan fingerprint density at radius 3 is 2.95 bits per heavy atom. The second-order valence-electron chi connectivity index (χ2n) is 6.29. The van der Waals surface area contributed by atoms with Crippen molar-refractivity contribution in [2.45, 2.75) is 63.0 Å². The van der Waals surface area contributed by atoms with Crippen LogP contribution in [0.2, 0.25) is 0 Å². The lowest BCUT2D eigenvalue weighted by atomic mass is 9.74. The monoisotopic (exact) mass is 279 g/mol. The van der Waals surface area contributed by atoms with E-state index in [1.807, 2.05) is 11.3 Å². The van der Waals surface area contributed by atoms with Crippen LogP contribution in [-0.2, 0) is 11.2 Å². The van der Waals surface area contributed by atoms with Gasteiger partial charge >= 0.3 is 0 Å². The summed E-state index contributed by atoms with van der Waals surface area (Å²) < 4.78 is 6.17. The van der Waals surface area contributed by atoms with Crippen molar-refractivity contribution in [2.24, 2.45) is 11.7 Å². The molecule has 19 heavy (non-hydrogen) atoms. The van der Waals surface area contributed by atoms with Crippen molar-refractivity contribution in [1.82, 2.24) is 0 Å². The third-order valence-corrected chi connectivity index (χ3v) is 5.82. The van der Waals surface area contributed by atoms with Gasteiger partial charge in [0.1, 0.15) is 0 Å². The van der Waals surface area contributed by atoms with Crippen molar-refractivity contribution >= 4 is 11.3 Å². The molecule has 1 saturated carbocycles. The van der Waals surface area contributed by atoms with Gasteiger partial charge in [-0.15, -0.1) is 11.3 Å². The van der Waals surface area contributed by atoms with Crippen LogP contribution < -0.4 is 5.73 Å². The van der Waals surface area contributed by atoms with E-state index in [9.17, 15) is 0 Å². The van der Waals surface area contributed by atoms with Crippen molar-refractivity contribution in [3.63, 3.8) is 0 Å². The molecule has 2 unspecified atom stereocenters. The first-order valence-electron chi connectivity index (χ1n) is 7.69. The first kappa shape index (κ1) is 13.6. The maximum atomic E-state index is 6.48. The van der Waals surface area contributed by atoms with Gasteiger partial charge in [-0.3, -0.25) is 0 Å². The molecule has 1 spiro atoms. The van der Waals surface area contributed by atoms with Crippen LogP contribution in [0.25, 0.3) is 0 Å². The van der Waals surface area contributed by atoms with E-state index in [0.29, 0.717) is 12.0 Å². The van der Waals surface area contributed by atoms with E-state index in [1.54, 1.807) is 0 Å². The quantitative estimate of drug-likeness (QED) is 0.914. The number of hydrogen-bond acceptors (Lipinski definition) is 3. The smallest absolute Gasteiger partial charge is 0.0685 e. The SMILES string of the molecule is NC(Cc1cccs1)C1CCOC2(CCCCC2)C1. The summed E-state index contributed by atoms with van der Waals surface area (Å²) >= 11 is 1.83. The lowest BCUT2D eigenvalue weighted by Gasteiger charge is -2.45. The standard InChI is InChI=1S/C16H25NOS/c17-15(11-14-5-4-10-19-14)13-6-9-18-16(12-13)7-2-1-3-8-16/h4-5,10,13,15H,1-3,6-9,11-12,17H2. The molecular weight excluding hydrogens is 254 g/mol. The van der Waals surface area contributed by atoms with Gasteiger partial charge in [-0.25, -0.2) is 0 Å². The molecule has 0 aromatic carbocycles. The summed E-state index contributed by atoms with van der Waals surface area (Å²) in [6.45, 7) is 0.919. The molecule has 0 amide bonds. The highest BCUT2D eigenvalue weighted by molar-refractivity contribution is 7.09. The molecule has 2 atom stereocenters. The van der Waals surface area contributed by atoms with Crippen LogP contribution in [0, 0.1) is 5.92 Å². The molecule has 1 saturated heterocycles. The van der Waals surface area contributed by atoms with Gasteiger partial charge in [-0.1, -0.05) is 25.3 Å². The molecule has 0 bridgehead atoms. The van der Waals surface area contributed by atoms with Crippen LogP contribution in [0.5, 0.6) is 0 Å². The van der Waals surface area contributed by atoms with E-state index in [2.05, 4.69) is 17.5 Å². The molecule has 1 aromatic heterocycles. The maximum absolute atomic E-state index is 6.48. The zero-order valence-electron chi connectivity index (χ0n) is 11.6. The van der Waals surface area contributed by atoms with Crippen molar-refractivity contribution in [3.05, 3.63) is 22.4 Å². The number of rotatable bonds is 3. The van der Waals surface area contributed by atoms with Gasteiger partial charge in [0.05, 0.1) is 5.60 Å². The van der Waals surface area contributed by atoms with Crippen molar-refractivity contribution in [1.29, 1.82) is 0 Å². The van der Waals surface area contributed by atoms with Crippen LogP contribution in [0.3, 0.4) is 0 Å². The zero-order valence-corrected chi connectivity index (χ0v) is 12.5. The fourth-order valence-electron chi connectivity index (χ4n) is 3.80. The van der Waals surface area contributed by atoms with E-state index < -0.39 is 0 Å². The van der Waals surface area contributed by atoms with Crippen molar-refractivity contribution in [3.8, 4) is 0 Å². The highest BCUT2D eigenvalue weighted by Crippen LogP contribution is 2.41.